The minimum absolute atomic E-state index is 0.349. The van der Waals surface area contributed by atoms with E-state index in [0.29, 0.717) is 16.5 Å². The highest BCUT2D eigenvalue weighted by atomic mass is 32.2. The van der Waals surface area contributed by atoms with Gasteiger partial charge in [-0.2, -0.15) is 4.68 Å². The number of fused-ring (bicyclic) bond motifs is 1. The summed E-state index contributed by atoms with van der Waals surface area (Å²) < 4.78 is 7.05. The fourth-order valence-corrected chi connectivity index (χ4v) is 3.98. The second kappa shape index (κ2) is 7.00. The zero-order valence-electron chi connectivity index (χ0n) is 15.3. The van der Waals surface area contributed by atoms with E-state index in [1.807, 2.05) is 51.1 Å². The zero-order valence-corrected chi connectivity index (χ0v) is 16.1. The van der Waals surface area contributed by atoms with Crippen molar-refractivity contribution >= 4 is 22.7 Å². The highest BCUT2D eigenvalue weighted by Gasteiger charge is 2.12. The number of aryl methyl sites for hydroxylation is 3. The van der Waals surface area contributed by atoms with Crippen LogP contribution in [-0.2, 0) is 5.75 Å². The van der Waals surface area contributed by atoms with Crippen LogP contribution in [0.3, 0.4) is 0 Å². The van der Waals surface area contributed by atoms with E-state index in [4.69, 9.17) is 4.42 Å². The predicted octanol–water partition coefficient (Wildman–Crippen LogP) is 3.99. The van der Waals surface area contributed by atoms with Crippen LogP contribution in [0.25, 0.3) is 16.7 Å². The standard InChI is InChI=1S/C20H18N4O2S/c1-12-4-5-17-15(10-19(25)26-18(17)9-12)11-27-20-21-22-23-24(20)16-7-13(2)6-14(3)8-16/h4-10H,11H2,1-3H3. The van der Waals surface area contributed by atoms with Crippen molar-refractivity contribution in [2.75, 3.05) is 0 Å². The number of benzene rings is 2. The average Bonchev–Trinajstić information content (AvgIpc) is 3.07. The van der Waals surface area contributed by atoms with Crippen LogP contribution >= 0.6 is 11.8 Å². The molecule has 0 N–H and O–H groups in total. The molecule has 4 aromatic rings. The lowest BCUT2D eigenvalue weighted by Gasteiger charge is -2.08. The lowest BCUT2D eigenvalue weighted by molar-refractivity contribution is 0.559. The fourth-order valence-electron chi connectivity index (χ4n) is 3.10. The lowest BCUT2D eigenvalue weighted by atomic mass is 10.1. The first-order valence-electron chi connectivity index (χ1n) is 8.53. The molecule has 136 valence electrons. The summed E-state index contributed by atoms with van der Waals surface area (Å²) in [5, 5.41) is 13.7. The molecule has 2 aromatic carbocycles. The number of nitrogens with zero attached hydrogens (tertiary/aromatic N) is 4. The van der Waals surface area contributed by atoms with Crippen LogP contribution in [0, 0.1) is 20.8 Å². The molecule has 0 unspecified atom stereocenters. The van der Waals surface area contributed by atoms with Gasteiger partial charge >= 0.3 is 5.63 Å². The molecular formula is C20H18N4O2S. The Hall–Kier alpha value is -2.93. The van der Waals surface area contributed by atoms with Crippen LogP contribution < -0.4 is 5.63 Å². The first-order valence-corrected chi connectivity index (χ1v) is 9.51. The number of thioether (sulfide) groups is 1. The zero-order chi connectivity index (χ0) is 19.0. The minimum Gasteiger partial charge on any atom is -0.423 e. The van der Waals surface area contributed by atoms with Gasteiger partial charge in [-0.25, -0.2) is 4.79 Å². The molecule has 0 aliphatic carbocycles. The topological polar surface area (TPSA) is 73.8 Å². The Morgan fingerprint density at radius 2 is 1.78 bits per heavy atom. The molecule has 6 nitrogen and oxygen atoms in total. The van der Waals surface area contributed by atoms with Crippen molar-refractivity contribution in [3.8, 4) is 5.69 Å². The summed E-state index contributed by atoms with van der Waals surface area (Å²) in [5.74, 6) is 0.566. The Morgan fingerprint density at radius 1 is 1.00 bits per heavy atom. The number of hydrogen-bond donors (Lipinski definition) is 0. The molecule has 0 spiro atoms. The highest BCUT2D eigenvalue weighted by Crippen LogP contribution is 2.27. The number of tetrazole rings is 1. The summed E-state index contributed by atoms with van der Waals surface area (Å²) in [7, 11) is 0. The summed E-state index contributed by atoms with van der Waals surface area (Å²) in [6, 6.07) is 13.6. The van der Waals surface area contributed by atoms with Gasteiger partial charge in [0.05, 0.1) is 5.69 Å². The van der Waals surface area contributed by atoms with Crippen molar-refractivity contribution in [1.29, 1.82) is 0 Å². The molecule has 2 aromatic heterocycles. The summed E-state index contributed by atoms with van der Waals surface area (Å²) in [5.41, 5.74) is 5.44. The fraction of sp³-hybridized carbons (Fsp3) is 0.200. The maximum atomic E-state index is 11.9. The summed E-state index contributed by atoms with van der Waals surface area (Å²) in [6.07, 6.45) is 0. The maximum Gasteiger partial charge on any atom is 0.336 e. The van der Waals surface area contributed by atoms with Crippen LogP contribution in [0.2, 0.25) is 0 Å². The molecule has 0 aliphatic rings. The van der Waals surface area contributed by atoms with Gasteiger partial charge in [-0.3, -0.25) is 0 Å². The first kappa shape index (κ1) is 17.5. The van der Waals surface area contributed by atoms with E-state index in [9.17, 15) is 4.79 Å². The molecule has 7 heteroatoms. The molecule has 0 bridgehead atoms. The van der Waals surface area contributed by atoms with E-state index in [0.717, 1.165) is 33.3 Å². The van der Waals surface area contributed by atoms with Crippen LogP contribution in [0.1, 0.15) is 22.3 Å². The monoisotopic (exact) mass is 378 g/mol. The van der Waals surface area contributed by atoms with E-state index in [1.54, 1.807) is 4.68 Å². The minimum atomic E-state index is -0.349. The second-order valence-electron chi connectivity index (χ2n) is 6.60. The second-order valence-corrected chi connectivity index (χ2v) is 7.54. The third kappa shape index (κ3) is 3.64. The molecule has 0 fully saturated rings. The molecule has 27 heavy (non-hydrogen) atoms. The van der Waals surface area contributed by atoms with E-state index < -0.39 is 0 Å². The van der Waals surface area contributed by atoms with Crippen molar-refractivity contribution < 1.29 is 4.42 Å². The molecule has 0 aliphatic heterocycles. The Bertz CT molecular complexity index is 1180. The van der Waals surface area contributed by atoms with Gasteiger partial charge in [0.25, 0.3) is 0 Å². The van der Waals surface area contributed by atoms with Gasteiger partial charge < -0.3 is 4.42 Å². The molecule has 0 saturated heterocycles. The highest BCUT2D eigenvalue weighted by molar-refractivity contribution is 7.98. The number of hydrogen-bond acceptors (Lipinski definition) is 6. The molecule has 0 radical (unpaired) electrons. The van der Waals surface area contributed by atoms with Crippen molar-refractivity contribution in [2.45, 2.75) is 31.7 Å². The Morgan fingerprint density at radius 3 is 2.56 bits per heavy atom. The molecule has 0 amide bonds. The SMILES string of the molecule is Cc1cc(C)cc(-n2nnnc2SCc2cc(=O)oc3cc(C)ccc23)c1. The Kier molecular flexibility index (Phi) is 4.53. The third-order valence-electron chi connectivity index (χ3n) is 4.23. The summed E-state index contributed by atoms with van der Waals surface area (Å²) in [4.78, 5) is 11.9. The van der Waals surface area contributed by atoms with E-state index >= 15 is 0 Å². The van der Waals surface area contributed by atoms with Gasteiger partial charge in [-0.05, 0) is 71.7 Å². The molecule has 4 rings (SSSR count). The largest absolute Gasteiger partial charge is 0.423 e. The Labute approximate surface area is 160 Å². The maximum absolute atomic E-state index is 11.9. The average molecular weight is 378 g/mol. The quantitative estimate of drug-likeness (QED) is 0.395. The number of rotatable bonds is 4. The smallest absolute Gasteiger partial charge is 0.336 e. The van der Waals surface area contributed by atoms with E-state index in [-0.39, 0.29) is 5.63 Å². The van der Waals surface area contributed by atoms with Crippen molar-refractivity contribution in [3.63, 3.8) is 0 Å². The van der Waals surface area contributed by atoms with Crippen LogP contribution in [0.4, 0.5) is 0 Å². The molecule has 0 atom stereocenters. The van der Waals surface area contributed by atoms with Crippen molar-refractivity contribution in [3.05, 3.63) is 75.1 Å². The predicted molar refractivity (Wildman–Crippen MR) is 105 cm³/mol. The molecule has 0 saturated carbocycles. The van der Waals surface area contributed by atoms with Gasteiger partial charge in [-0.15, -0.1) is 5.10 Å². The van der Waals surface area contributed by atoms with Crippen molar-refractivity contribution in [1.82, 2.24) is 20.2 Å². The van der Waals surface area contributed by atoms with E-state index in [2.05, 4.69) is 21.6 Å². The van der Waals surface area contributed by atoms with Gasteiger partial charge in [0, 0.05) is 17.2 Å². The lowest BCUT2D eigenvalue weighted by Crippen LogP contribution is -2.02. The van der Waals surface area contributed by atoms with E-state index in [1.165, 1.54) is 17.8 Å². The van der Waals surface area contributed by atoms with Gasteiger partial charge in [0.1, 0.15) is 5.58 Å². The van der Waals surface area contributed by atoms with Crippen LogP contribution in [-0.4, -0.2) is 20.2 Å². The van der Waals surface area contributed by atoms with Crippen LogP contribution in [0.5, 0.6) is 0 Å². The molecule has 2 heterocycles. The first-order chi connectivity index (χ1) is 13.0. The Balaban J connectivity index is 1.67. The van der Waals surface area contributed by atoms with Gasteiger partial charge in [0.15, 0.2) is 0 Å². The third-order valence-corrected chi connectivity index (χ3v) is 5.20. The summed E-state index contributed by atoms with van der Waals surface area (Å²) in [6.45, 7) is 6.06. The van der Waals surface area contributed by atoms with Gasteiger partial charge in [-0.1, -0.05) is 30.0 Å². The van der Waals surface area contributed by atoms with Crippen molar-refractivity contribution in [2.24, 2.45) is 0 Å². The summed E-state index contributed by atoms with van der Waals surface area (Å²) >= 11 is 1.49. The molecular weight excluding hydrogens is 360 g/mol. The van der Waals surface area contributed by atoms with Crippen LogP contribution in [0.15, 0.2) is 56.8 Å². The number of aromatic nitrogens is 4. The van der Waals surface area contributed by atoms with Gasteiger partial charge in [0.2, 0.25) is 5.16 Å². The normalized spacial score (nSPS) is 11.2.